The molecule has 0 aliphatic carbocycles. The smallest absolute Gasteiger partial charge is 0.0348 e. The van der Waals surface area contributed by atoms with Crippen LogP contribution in [0.15, 0.2) is 48.7 Å². The van der Waals surface area contributed by atoms with Crippen molar-refractivity contribution >= 4 is 0 Å². The SMILES string of the molecule is CCC(CC)(c1ccccc1)c1ccc[nH]1. The molecule has 0 unspecified atom stereocenters. The maximum atomic E-state index is 3.38. The minimum absolute atomic E-state index is 0.144. The van der Waals surface area contributed by atoms with Gasteiger partial charge in [0.05, 0.1) is 0 Å². The molecule has 0 aliphatic rings. The average molecular weight is 213 g/mol. The fourth-order valence-corrected chi connectivity index (χ4v) is 2.58. The molecule has 0 radical (unpaired) electrons. The second-order valence-corrected chi connectivity index (χ2v) is 4.24. The molecule has 1 nitrogen and oxygen atoms in total. The van der Waals surface area contributed by atoms with Crippen LogP contribution in [-0.2, 0) is 5.41 Å². The van der Waals surface area contributed by atoms with Crippen LogP contribution in [0.2, 0.25) is 0 Å². The lowest BCUT2D eigenvalue weighted by molar-refractivity contribution is 0.467. The summed E-state index contributed by atoms with van der Waals surface area (Å²) in [7, 11) is 0. The molecule has 0 bridgehead atoms. The summed E-state index contributed by atoms with van der Waals surface area (Å²) < 4.78 is 0. The third-order valence-electron chi connectivity index (χ3n) is 3.65. The normalized spacial score (nSPS) is 11.6. The number of rotatable bonds is 4. The lowest BCUT2D eigenvalue weighted by Gasteiger charge is -2.31. The lowest BCUT2D eigenvalue weighted by Crippen LogP contribution is -2.26. The van der Waals surface area contributed by atoms with E-state index in [1.54, 1.807) is 0 Å². The van der Waals surface area contributed by atoms with Gasteiger partial charge in [-0.05, 0) is 30.5 Å². The van der Waals surface area contributed by atoms with Crippen LogP contribution >= 0.6 is 0 Å². The predicted molar refractivity (Wildman–Crippen MR) is 68.6 cm³/mol. The Morgan fingerprint density at radius 2 is 1.62 bits per heavy atom. The van der Waals surface area contributed by atoms with Gasteiger partial charge in [-0.15, -0.1) is 0 Å². The highest BCUT2D eigenvalue weighted by Crippen LogP contribution is 2.37. The van der Waals surface area contributed by atoms with Crippen LogP contribution in [0, 0.1) is 0 Å². The molecule has 84 valence electrons. The molecule has 0 atom stereocenters. The van der Waals surface area contributed by atoms with Gasteiger partial charge in [-0.25, -0.2) is 0 Å². The first-order chi connectivity index (χ1) is 7.83. The number of hydrogen-bond acceptors (Lipinski definition) is 0. The van der Waals surface area contributed by atoms with Gasteiger partial charge in [-0.1, -0.05) is 44.2 Å². The fourth-order valence-electron chi connectivity index (χ4n) is 2.58. The van der Waals surface area contributed by atoms with E-state index in [2.05, 4.69) is 61.3 Å². The predicted octanol–water partition coefficient (Wildman–Crippen LogP) is 4.12. The molecule has 1 aromatic heterocycles. The van der Waals surface area contributed by atoms with Crippen LogP contribution in [-0.4, -0.2) is 4.98 Å². The average Bonchev–Trinajstić information content (AvgIpc) is 2.87. The Labute approximate surface area is 97.5 Å². The number of benzene rings is 1. The molecule has 16 heavy (non-hydrogen) atoms. The van der Waals surface area contributed by atoms with Crippen molar-refractivity contribution in [2.24, 2.45) is 0 Å². The van der Waals surface area contributed by atoms with Crippen molar-refractivity contribution in [1.82, 2.24) is 4.98 Å². The minimum atomic E-state index is 0.144. The standard InChI is InChI=1S/C15H19N/c1-3-15(4-2,14-11-8-12-16-14)13-9-6-5-7-10-13/h5-12,16H,3-4H2,1-2H3. The molecule has 1 heterocycles. The molecular weight excluding hydrogens is 194 g/mol. The molecule has 1 heteroatoms. The van der Waals surface area contributed by atoms with Crippen LogP contribution in [0.3, 0.4) is 0 Å². The van der Waals surface area contributed by atoms with E-state index in [4.69, 9.17) is 0 Å². The highest BCUT2D eigenvalue weighted by atomic mass is 14.7. The maximum absolute atomic E-state index is 3.38. The molecule has 0 saturated heterocycles. The van der Waals surface area contributed by atoms with Crippen LogP contribution in [0.5, 0.6) is 0 Å². The summed E-state index contributed by atoms with van der Waals surface area (Å²) in [5.41, 5.74) is 2.87. The Bertz CT molecular complexity index is 410. The minimum Gasteiger partial charge on any atom is -0.364 e. The molecule has 2 aromatic rings. The number of aromatic nitrogens is 1. The fraction of sp³-hybridized carbons (Fsp3) is 0.333. The van der Waals surface area contributed by atoms with Gasteiger partial charge in [-0.2, -0.15) is 0 Å². The Morgan fingerprint density at radius 1 is 0.938 bits per heavy atom. The molecule has 0 spiro atoms. The monoisotopic (exact) mass is 213 g/mol. The van der Waals surface area contributed by atoms with E-state index in [9.17, 15) is 0 Å². The third-order valence-corrected chi connectivity index (χ3v) is 3.65. The molecule has 1 N–H and O–H groups in total. The molecular formula is C15H19N. The Hall–Kier alpha value is -1.50. The summed E-state index contributed by atoms with van der Waals surface area (Å²) in [5, 5.41) is 0. The van der Waals surface area contributed by atoms with Gasteiger partial charge < -0.3 is 4.98 Å². The summed E-state index contributed by atoms with van der Waals surface area (Å²) in [5.74, 6) is 0. The van der Waals surface area contributed by atoms with Gasteiger partial charge >= 0.3 is 0 Å². The van der Waals surface area contributed by atoms with Gasteiger partial charge in [0, 0.05) is 17.3 Å². The van der Waals surface area contributed by atoms with Crippen molar-refractivity contribution in [3.63, 3.8) is 0 Å². The van der Waals surface area contributed by atoms with Gasteiger partial charge in [0.1, 0.15) is 0 Å². The highest BCUT2D eigenvalue weighted by molar-refractivity contribution is 5.35. The topological polar surface area (TPSA) is 15.8 Å². The summed E-state index contributed by atoms with van der Waals surface area (Å²) in [6.07, 6.45) is 4.25. The maximum Gasteiger partial charge on any atom is 0.0348 e. The van der Waals surface area contributed by atoms with Crippen molar-refractivity contribution < 1.29 is 0 Å². The van der Waals surface area contributed by atoms with Gasteiger partial charge in [0.2, 0.25) is 0 Å². The summed E-state index contributed by atoms with van der Waals surface area (Å²) >= 11 is 0. The molecule has 0 amide bonds. The van der Waals surface area contributed by atoms with Gasteiger partial charge in [-0.3, -0.25) is 0 Å². The zero-order valence-corrected chi connectivity index (χ0v) is 10.0. The van der Waals surface area contributed by atoms with Crippen LogP contribution in [0.4, 0.5) is 0 Å². The van der Waals surface area contributed by atoms with Crippen LogP contribution < -0.4 is 0 Å². The largest absolute Gasteiger partial charge is 0.364 e. The van der Waals surface area contributed by atoms with Crippen LogP contribution in [0.25, 0.3) is 0 Å². The van der Waals surface area contributed by atoms with Crippen molar-refractivity contribution in [2.45, 2.75) is 32.1 Å². The molecule has 0 aliphatic heterocycles. The Kier molecular flexibility index (Phi) is 3.14. The number of hydrogen-bond donors (Lipinski definition) is 1. The summed E-state index contributed by atoms with van der Waals surface area (Å²) in [4.78, 5) is 3.38. The highest BCUT2D eigenvalue weighted by Gasteiger charge is 2.30. The van der Waals surface area contributed by atoms with Crippen molar-refractivity contribution in [2.75, 3.05) is 0 Å². The van der Waals surface area contributed by atoms with E-state index in [1.807, 2.05) is 6.20 Å². The van der Waals surface area contributed by atoms with Gasteiger partial charge in [0.25, 0.3) is 0 Å². The summed E-state index contributed by atoms with van der Waals surface area (Å²) in [6.45, 7) is 4.52. The van der Waals surface area contributed by atoms with E-state index in [0.717, 1.165) is 12.8 Å². The Balaban J connectivity index is 2.52. The van der Waals surface area contributed by atoms with E-state index in [-0.39, 0.29) is 5.41 Å². The third kappa shape index (κ3) is 1.67. The zero-order valence-electron chi connectivity index (χ0n) is 10.0. The van der Waals surface area contributed by atoms with E-state index in [1.165, 1.54) is 11.3 Å². The van der Waals surface area contributed by atoms with Crippen LogP contribution in [0.1, 0.15) is 37.9 Å². The molecule has 2 rings (SSSR count). The van der Waals surface area contributed by atoms with E-state index < -0.39 is 0 Å². The molecule has 1 aromatic carbocycles. The summed E-state index contributed by atoms with van der Waals surface area (Å²) in [6, 6.07) is 15.1. The molecule has 0 saturated carbocycles. The zero-order chi connectivity index (χ0) is 11.4. The van der Waals surface area contributed by atoms with Crippen molar-refractivity contribution in [1.29, 1.82) is 0 Å². The second-order valence-electron chi connectivity index (χ2n) is 4.24. The number of nitrogens with one attached hydrogen (secondary N) is 1. The number of aromatic amines is 1. The Morgan fingerprint density at radius 3 is 2.12 bits per heavy atom. The van der Waals surface area contributed by atoms with Crippen molar-refractivity contribution in [3.05, 3.63) is 59.9 Å². The van der Waals surface area contributed by atoms with E-state index in [0.29, 0.717) is 0 Å². The van der Waals surface area contributed by atoms with Gasteiger partial charge in [0.15, 0.2) is 0 Å². The number of H-pyrrole nitrogens is 1. The first-order valence-corrected chi connectivity index (χ1v) is 6.03. The lowest BCUT2D eigenvalue weighted by atomic mass is 9.73. The molecule has 0 fully saturated rings. The first kappa shape index (κ1) is 11.0. The van der Waals surface area contributed by atoms with Crippen molar-refractivity contribution in [3.8, 4) is 0 Å². The quantitative estimate of drug-likeness (QED) is 0.786. The first-order valence-electron chi connectivity index (χ1n) is 6.03. The van der Waals surface area contributed by atoms with E-state index >= 15 is 0 Å². The second kappa shape index (κ2) is 4.56.